The minimum atomic E-state index is -0.236. The van der Waals surface area contributed by atoms with Gasteiger partial charge in [-0.2, -0.15) is 0 Å². The van der Waals surface area contributed by atoms with E-state index in [9.17, 15) is 4.79 Å². The Labute approximate surface area is 121 Å². The van der Waals surface area contributed by atoms with E-state index in [1.54, 1.807) is 6.07 Å². The normalized spacial score (nSPS) is 18.4. The molecule has 0 radical (unpaired) electrons. The summed E-state index contributed by atoms with van der Waals surface area (Å²) >= 11 is 9.42. The van der Waals surface area contributed by atoms with Gasteiger partial charge >= 0.3 is 0 Å². The van der Waals surface area contributed by atoms with Crippen LogP contribution in [0.4, 0.5) is 5.69 Å². The molecule has 0 unspecified atom stereocenters. The Kier molecular flexibility index (Phi) is 4.33. The summed E-state index contributed by atoms with van der Waals surface area (Å²) in [6.07, 6.45) is 5.46. The molecule has 0 aromatic heterocycles. The number of hydrogen-bond donors (Lipinski definition) is 1. The van der Waals surface area contributed by atoms with Crippen molar-refractivity contribution in [3.05, 3.63) is 27.7 Å². The molecule has 1 N–H and O–H groups in total. The number of halogens is 2. The number of anilines is 1. The summed E-state index contributed by atoms with van der Waals surface area (Å²) in [7, 11) is 0. The van der Waals surface area contributed by atoms with E-state index in [2.05, 4.69) is 28.2 Å². The minimum absolute atomic E-state index is 0.102. The molecule has 1 aromatic rings. The van der Waals surface area contributed by atoms with E-state index in [0.29, 0.717) is 5.02 Å². The van der Waals surface area contributed by atoms with Gasteiger partial charge in [-0.25, -0.2) is 0 Å². The van der Waals surface area contributed by atoms with Crippen molar-refractivity contribution < 1.29 is 4.79 Å². The molecule has 4 heteroatoms. The highest BCUT2D eigenvalue weighted by molar-refractivity contribution is 9.10. The molecule has 0 atom stereocenters. The first-order chi connectivity index (χ1) is 8.53. The van der Waals surface area contributed by atoms with Gasteiger partial charge in [0, 0.05) is 5.41 Å². The van der Waals surface area contributed by atoms with Crippen molar-refractivity contribution in [2.75, 3.05) is 5.32 Å². The number of benzene rings is 1. The number of hydrogen-bond acceptors (Lipinski definition) is 1. The Hall–Kier alpha value is -0.540. The molecule has 0 aliphatic heterocycles. The van der Waals surface area contributed by atoms with E-state index in [1.165, 1.54) is 6.42 Å². The van der Waals surface area contributed by atoms with Crippen molar-refractivity contribution in [1.29, 1.82) is 0 Å². The van der Waals surface area contributed by atoms with Gasteiger partial charge in [-0.3, -0.25) is 4.79 Å². The van der Waals surface area contributed by atoms with E-state index < -0.39 is 0 Å². The smallest absolute Gasteiger partial charge is 0.230 e. The van der Waals surface area contributed by atoms with Gasteiger partial charge in [0.25, 0.3) is 0 Å². The number of nitrogens with one attached hydrogen (secondary N) is 1. The lowest BCUT2D eigenvalue weighted by Gasteiger charge is -2.32. The number of amides is 1. The van der Waals surface area contributed by atoms with Crippen LogP contribution in [0.25, 0.3) is 0 Å². The van der Waals surface area contributed by atoms with E-state index in [1.807, 2.05) is 12.1 Å². The molecule has 0 bridgehead atoms. The lowest BCUT2D eigenvalue weighted by molar-refractivity contribution is -0.126. The van der Waals surface area contributed by atoms with Gasteiger partial charge in [0.2, 0.25) is 5.91 Å². The van der Waals surface area contributed by atoms with Crippen LogP contribution >= 0.6 is 27.5 Å². The third-order valence-corrected chi connectivity index (χ3v) is 5.10. The third kappa shape index (κ3) is 2.89. The van der Waals surface area contributed by atoms with Crippen LogP contribution in [-0.4, -0.2) is 5.91 Å². The van der Waals surface area contributed by atoms with Gasteiger partial charge < -0.3 is 5.32 Å². The number of carbonyl (C=O) groups excluding carboxylic acids is 1. The van der Waals surface area contributed by atoms with E-state index in [0.717, 1.165) is 35.8 Å². The second-order valence-corrected chi connectivity index (χ2v) is 6.38. The molecular formula is C14H17BrClNO. The van der Waals surface area contributed by atoms with Crippen molar-refractivity contribution in [2.24, 2.45) is 5.41 Å². The molecular weight excluding hydrogens is 314 g/mol. The predicted octanol–water partition coefficient (Wildman–Crippen LogP) is 5.01. The predicted molar refractivity (Wildman–Crippen MR) is 79.0 cm³/mol. The highest BCUT2D eigenvalue weighted by atomic mass is 79.9. The lowest BCUT2D eigenvalue weighted by atomic mass is 9.75. The molecule has 1 fully saturated rings. The fraction of sp³-hybridized carbons (Fsp3) is 0.500. The fourth-order valence-corrected chi connectivity index (χ4v) is 2.97. The van der Waals surface area contributed by atoms with Gasteiger partial charge in [0.1, 0.15) is 0 Å². The Balaban J connectivity index is 2.13. The maximum absolute atomic E-state index is 12.4. The second-order valence-electron chi connectivity index (χ2n) is 5.18. The summed E-state index contributed by atoms with van der Waals surface area (Å²) in [5.74, 6) is 0.102. The van der Waals surface area contributed by atoms with E-state index in [-0.39, 0.29) is 11.3 Å². The summed E-state index contributed by atoms with van der Waals surface area (Å²) < 4.78 is 0.749. The van der Waals surface area contributed by atoms with Gasteiger partial charge in [0.15, 0.2) is 0 Å². The number of rotatable bonds is 2. The highest BCUT2D eigenvalue weighted by Gasteiger charge is 2.34. The summed E-state index contributed by atoms with van der Waals surface area (Å²) in [6.45, 7) is 2.06. The Morgan fingerprint density at radius 3 is 2.67 bits per heavy atom. The molecule has 1 aliphatic carbocycles. The molecule has 1 aliphatic rings. The maximum Gasteiger partial charge on any atom is 0.230 e. The van der Waals surface area contributed by atoms with Crippen LogP contribution < -0.4 is 5.32 Å². The molecule has 0 heterocycles. The zero-order valence-corrected chi connectivity index (χ0v) is 12.8. The summed E-state index contributed by atoms with van der Waals surface area (Å²) in [5, 5.41) is 3.60. The Bertz CT molecular complexity index is 455. The van der Waals surface area contributed by atoms with Gasteiger partial charge in [-0.1, -0.05) is 43.9 Å². The zero-order valence-electron chi connectivity index (χ0n) is 10.4. The summed E-state index contributed by atoms with van der Waals surface area (Å²) in [4.78, 5) is 12.4. The first-order valence-corrected chi connectivity index (χ1v) is 7.45. The molecule has 2 rings (SSSR count). The first-order valence-electron chi connectivity index (χ1n) is 6.28. The van der Waals surface area contributed by atoms with Gasteiger partial charge in [0.05, 0.1) is 15.2 Å². The van der Waals surface area contributed by atoms with Crippen molar-refractivity contribution in [3.8, 4) is 0 Å². The SMILES string of the molecule is CC1(C(=O)Nc2cccc(Cl)c2Br)CCCCC1. The first kappa shape index (κ1) is 13.9. The van der Waals surface area contributed by atoms with Crippen molar-refractivity contribution in [2.45, 2.75) is 39.0 Å². The van der Waals surface area contributed by atoms with Crippen LogP contribution in [0.3, 0.4) is 0 Å². The average molecular weight is 331 g/mol. The average Bonchev–Trinajstić information content (AvgIpc) is 2.36. The summed E-state index contributed by atoms with van der Waals surface area (Å²) in [5.41, 5.74) is 0.513. The Morgan fingerprint density at radius 2 is 2.00 bits per heavy atom. The lowest BCUT2D eigenvalue weighted by Crippen LogP contribution is -2.35. The van der Waals surface area contributed by atoms with Gasteiger partial charge in [-0.15, -0.1) is 0 Å². The molecule has 18 heavy (non-hydrogen) atoms. The molecule has 1 saturated carbocycles. The highest BCUT2D eigenvalue weighted by Crippen LogP contribution is 2.38. The maximum atomic E-state index is 12.4. The van der Waals surface area contributed by atoms with Crippen molar-refractivity contribution in [1.82, 2.24) is 0 Å². The second kappa shape index (κ2) is 5.62. The molecule has 1 amide bonds. The zero-order chi connectivity index (χ0) is 13.2. The number of carbonyl (C=O) groups is 1. The molecule has 2 nitrogen and oxygen atoms in total. The minimum Gasteiger partial charge on any atom is -0.325 e. The molecule has 0 spiro atoms. The van der Waals surface area contributed by atoms with Crippen LogP contribution in [-0.2, 0) is 4.79 Å². The van der Waals surface area contributed by atoms with Crippen LogP contribution in [0.15, 0.2) is 22.7 Å². The van der Waals surface area contributed by atoms with Crippen LogP contribution in [0.2, 0.25) is 5.02 Å². The topological polar surface area (TPSA) is 29.1 Å². The van der Waals surface area contributed by atoms with Crippen LogP contribution in [0, 0.1) is 5.41 Å². The van der Waals surface area contributed by atoms with Crippen molar-refractivity contribution in [3.63, 3.8) is 0 Å². The molecule has 98 valence electrons. The third-order valence-electron chi connectivity index (χ3n) is 3.71. The van der Waals surface area contributed by atoms with E-state index >= 15 is 0 Å². The largest absolute Gasteiger partial charge is 0.325 e. The van der Waals surface area contributed by atoms with Crippen LogP contribution in [0.5, 0.6) is 0 Å². The van der Waals surface area contributed by atoms with Crippen molar-refractivity contribution >= 4 is 39.1 Å². The monoisotopic (exact) mass is 329 g/mol. The molecule has 0 saturated heterocycles. The van der Waals surface area contributed by atoms with Crippen LogP contribution in [0.1, 0.15) is 39.0 Å². The fourth-order valence-electron chi connectivity index (χ4n) is 2.43. The standard InChI is InChI=1S/C14H17BrClNO/c1-14(8-3-2-4-9-14)13(18)17-11-7-5-6-10(16)12(11)15/h5-7H,2-4,8-9H2,1H3,(H,17,18). The molecule has 1 aromatic carbocycles. The van der Waals surface area contributed by atoms with Gasteiger partial charge in [-0.05, 0) is 40.9 Å². The van der Waals surface area contributed by atoms with E-state index in [4.69, 9.17) is 11.6 Å². The quantitative estimate of drug-likeness (QED) is 0.811. The Morgan fingerprint density at radius 1 is 1.33 bits per heavy atom. The summed E-state index contributed by atoms with van der Waals surface area (Å²) in [6, 6.07) is 5.50.